The number of hydrogen-bond acceptors (Lipinski definition) is 14. The Labute approximate surface area is 198 Å². The second-order valence-corrected chi connectivity index (χ2v) is 9.19. The number of β-lactam (4-membered cyclic amide) rings is 1. The van der Waals surface area contributed by atoms with E-state index < -0.39 is 34.9 Å². The van der Waals surface area contributed by atoms with Crippen LogP contribution in [0.4, 0.5) is 5.13 Å². The Bertz CT molecular complexity index is 1300. The number of aliphatic carboxylic acids is 1. The molecule has 1 saturated heterocycles. The lowest BCUT2D eigenvalue weighted by molar-refractivity contribution is -0.738. The van der Waals surface area contributed by atoms with Crippen molar-refractivity contribution in [2.45, 2.75) is 11.4 Å². The lowest BCUT2D eigenvalue weighted by atomic mass is 10.0. The van der Waals surface area contributed by atoms with Crippen LogP contribution in [0.5, 0.6) is 0 Å². The molecule has 34 heavy (non-hydrogen) atoms. The summed E-state index contributed by atoms with van der Waals surface area (Å²) in [5, 5.41) is 38.3. The maximum absolute atomic E-state index is 12.9. The summed E-state index contributed by atoms with van der Waals surface area (Å²) < 4.78 is 3.65. The van der Waals surface area contributed by atoms with Gasteiger partial charge in [-0.25, -0.2) is 0 Å². The number of rotatable bonds is 6. The molecule has 2 unspecified atom stereocenters. The van der Waals surface area contributed by atoms with E-state index in [-0.39, 0.29) is 33.5 Å². The van der Waals surface area contributed by atoms with Gasteiger partial charge < -0.3 is 26.2 Å². The van der Waals surface area contributed by atoms with E-state index >= 15 is 0 Å². The van der Waals surface area contributed by atoms with Crippen LogP contribution in [0.1, 0.15) is 5.82 Å². The van der Waals surface area contributed by atoms with Crippen LogP contribution in [0, 0.1) is 0 Å². The average Bonchev–Trinajstić information content (AvgIpc) is 3.43. The number of carbonyl (C=O) groups excluding carboxylic acids is 3. The Kier molecular flexibility index (Phi) is 5.22. The zero-order valence-electron chi connectivity index (χ0n) is 16.9. The molecular weight excluding hydrogens is 488 g/mol. The number of anilines is 1. The third-order valence-corrected chi connectivity index (χ3v) is 7.21. The van der Waals surface area contributed by atoms with Crippen molar-refractivity contribution in [3.05, 3.63) is 29.2 Å². The fourth-order valence-electron chi connectivity index (χ4n) is 3.82. The highest BCUT2D eigenvalue weighted by Gasteiger charge is 2.54. The second-order valence-electron chi connectivity index (χ2n) is 7.30. The molecule has 0 spiro atoms. The molecule has 3 atom stereocenters. The van der Waals surface area contributed by atoms with Gasteiger partial charge in [0.05, 0.1) is 17.9 Å². The van der Waals surface area contributed by atoms with Gasteiger partial charge in [0.25, 0.3) is 17.6 Å². The molecular formula is C17H14N10O5S2. The molecule has 2 amide bonds. The summed E-state index contributed by atoms with van der Waals surface area (Å²) in [4.78, 5) is 42.4. The molecule has 174 valence electrons. The predicted octanol–water partition coefficient (Wildman–Crippen LogP) is -2.57. The highest BCUT2D eigenvalue weighted by molar-refractivity contribution is 8.00. The molecule has 1 fully saturated rings. The molecule has 0 aromatic carbocycles. The third-order valence-electron chi connectivity index (χ3n) is 5.33. The lowest BCUT2D eigenvalue weighted by Gasteiger charge is -2.50. The van der Waals surface area contributed by atoms with Crippen LogP contribution in [0.25, 0.3) is 0 Å². The first-order valence-corrected chi connectivity index (χ1v) is 11.4. The lowest BCUT2D eigenvalue weighted by Crippen LogP contribution is -2.71. The number of thioether (sulfide) groups is 1. The monoisotopic (exact) mass is 502 g/mol. The van der Waals surface area contributed by atoms with Crippen molar-refractivity contribution in [2.75, 3.05) is 18.0 Å². The molecule has 0 bridgehead atoms. The number of amidine groups is 1. The Hall–Kier alpha value is -3.96. The third kappa shape index (κ3) is 3.37. The molecule has 4 aliphatic rings. The number of oxime groups is 1. The summed E-state index contributed by atoms with van der Waals surface area (Å²) in [5.74, 6) is -2.55. The first-order valence-electron chi connectivity index (χ1n) is 9.58. The van der Waals surface area contributed by atoms with Crippen molar-refractivity contribution in [1.82, 2.24) is 19.6 Å². The Morgan fingerprint density at radius 2 is 2.26 bits per heavy atom. The number of carbonyl (C=O) groups is 3. The quantitative estimate of drug-likeness (QED) is 0.122. The maximum atomic E-state index is 12.9. The van der Waals surface area contributed by atoms with E-state index in [4.69, 9.17) is 5.73 Å². The van der Waals surface area contributed by atoms with Crippen LogP contribution in [-0.4, -0.2) is 89.7 Å². The molecule has 0 aliphatic carbocycles. The number of nitrogens with two attached hydrogens (primary N) is 1. The van der Waals surface area contributed by atoms with Gasteiger partial charge in [-0.15, -0.1) is 16.4 Å². The smallest absolute Gasteiger partial charge is 0.279 e. The minimum absolute atomic E-state index is 0.0603. The van der Waals surface area contributed by atoms with E-state index in [1.54, 1.807) is 18.4 Å². The number of aromatic nitrogens is 2. The number of quaternary nitrogens is 1. The van der Waals surface area contributed by atoms with Crippen molar-refractivity contribution in [1.29, 1.82) is 0 Å². The van der Waals surface area contributed by atoms with Crippen molar-refractivity contribution in [2.24, 2.45) is 20.5 Å². The van der Waals surface area contributed by atoms with E-state index in [2.05, 4.69) is 35.1 Å². The van der Waals surface area contributed by atoms with Gasteiger partial charge in [0.2, 0.25) is 17.9 Å². The molecule has 0 radical (unpaired) electrons. The molecule has 17 heteroatoms. The van der Waals surface area contributed by atoms with Crippen molar-refractivity contribution in [3.8, 4) is 0 Å². The van der Waals surface area contributed by atoms with E-state index in [9.17, 15) is 24.7 Å². The standard InChI is InChI=1S/C17H14N10O5S2/c18-17-22-12(25-34-17)9(24-32)13(28)21-10-14(29)26-11(16(30)31)7(5-33-15(10)26)4-27-6-19-23-8(27)2-1-3-20-27/h1-3,6,10,15H,4-5H2,(H4-,18,21,22,25,28,30,31,32)/t10-,15?,27?/m1/s1. The summed E-state index contributed by atoms with van der Waals surface area (Å²) in [6.45, 7) is 0.0885. The van der Waals surface area contributed by atoms with Gasteiger partial charge in [-0.3, -0.25) is 14.5 Å². The molecule has 15 nitrogen and oxygen atoms in total. The molecule has 5 rings (SSSR count). The van der Waals surface area contributed by atoms with Crippen LogP contribution in [0.15, 0.2) is 43.9 Å². The molecule has 0 saturated carbocycles. The summed E-state index contributed by atoms with van der Waals surface area (Å²) in [6.07, 6.45) is 6.43. The Morgan fingerprint density at radius 1 is 1.44 bits per heavy atom. The molecule has 5 heterocycles. The van der Waals surface area contributed by atoms with Crippen LogP contribution < -0.4 is 16.2 Å². The number of nitrogens with zero attached hydrogens (tertiary/aromatic N) is 8. The summed E-state index contributed by atoms with van der Waals surface area (Å²) >= 11 is 2.06. The first kappa shape index (κ1) is 21.9. The number of fused-ring (bicyclic) bond motifs is 2. The summed E-state index contributed by atoms with van der Waals surface area (Å²) in [6, 6.07) is -1.06. The number of nitrogen functional groups attached to an aromatic ring is 1. The van der Waals surface area contributed by atoms with Gasteiger partial charge in [-0.2, -0.15) is 9.36 Å². The molecule has 4 aliphatic heterocycles. The normalized spacial score (nSPS) is 27.3. The highest BCUT2D eigenvalue weighted by atomic mass is 32.2. The Balaban J connectivity index is 1.37. The molecule has 1 aromatic rings. The summed E-state index contributed by atoms with van der Waals surface area (Å²) in [5.41, 5.74) is 5.10. The number of amides is 2. The van der Waals surface area contributed by atoms with Gasteiger partial charge in [0.15, 0.2) is 5.13 Å². The van der Waals surface area contributed by atoms with Crippen molar-refractivity contribution >= 4 is 70.3 Å². The fourth-order valence-corrected chi connectivity index (χ4v) is 5.59. The van der Waals surface area contributed by atoms with E-state index in [1.807, 2.05) is 0 Å². The van der Waals surface area contributed by atoms with Gasteiger partial charge in [0, 0.05) is 28.9 Å². The van der Waals surface area contributed by atoms with Crippen LogP contribution in [-0.2, 0) is 14.4 Å². The predicted molar refractivity (Wildman–Crippen MR) is 118 cm³/mol. The highest BCUT2D eigenvalue weighted by Crippen LogP contribution is 2.41. The number of carboxylic acid groups (broad SMARTS) is 1. The van der Waals surface area contributed by atoms with Gasteiger partial charge in [0.1, 0.15) is 18.0 Å². The topological polar surface area (TPSA) is 211 Å². The number of hydrogen-bond donors (Lipinski definition) is 3. The van der Waals surface area contributed by atoms with Crippen LogP contribution in [0.3, 0.4) is 0 Å². The van der Waals surface area contributed by atoms with E-state index in [0.29, 0.717) is 11.4 Å². The average molecular weight is 502 g/mol. The summed E-state index contributed by atoms with van der Waals surface area (Å²) in [7, 11) is 0. The molecule has 4 N–H and O–H groups in total. The SMILES string of the molecule is Nc1nc(/C(=N/O)C(=O)N[C@@H]2C(=O)N3C(C(=O)[O-])=C(C[N+]45C=NN=C4C=CC=N5)CSC23)ns1. The Morgan fingerprint density at radius 3 is 2.97 bits per heavy atom. The van der Waals surface area contributed by atoms with E-state index in [1.165, 1.54) is 18.1 Å². The zero-order chi connectivity index (χ0) is 24.0. The largest absolute Gasteiger partial charge is 0.543 e. The van der Waals surface area contributed by atoms with Gasteiger partial charge in [-0.1, -0.05) is 20.5 Å². The zero-order valence-corrected chi connectivity index (χ0v) is 18.6. The van der Waals surface area contributed by atoms with Gasteiger partial charge in [-0.05, 0) is 6.08 Å². The maximum Gasteiger partial charge on any atom is 0.279 e. The van der Waals surface area contributed by atoms with Crippen LogP contribution in [0.2, 0.25) is 0 Å². The molecule has 1 aromatic heterocycles. The van der Waals surface area contributed by atoms with Crippen LogP contribution >= 0.6 is 23.3 Å². The van der Waals surface area contributed by atoms with Gasteiger partial charge >= 0.3 is 0 Å². The van der Waals surface area contributed by atoms with Crippen molar-refractivity contribution < 1.29 is 29.3 Å². The number of nitrogens with one attached hydrogen (secondary N) is 1. The van der Waals surface area contributed by atoms with Crippen molar-refractivity contribution in [3.63, 3.8) is 0 Å². The second kappa shape index (κ2) is 8.12. The van der Waals surface area contributed by atoms with E-state index in [0.717, 1.165) is 16.4 Å². The minimum atomic E-state index is -1.53. The first-order chi connectivity index (χ1) is 16.3. The minimum Gasteiger partial charge on any atom is -0.543 e. The number of allylic oxidation sites excluding steroid dienone is 1. The fraction of sp³-hybridized carbons (Fsp3) is 0.235. The number of carboxylic acids is 1.